The number of thiocarbonyl (C=S) groups is 1. The summed E-state index contributed by atoms with van der Waals surface area (Å²) in [4.78, 5) is 13.1. The molecule has 8 nitrogen and oxygen atoms in total. The Kier molecular flexibility index (Phi) is 4.20. The van der Waals surface area contributed by atoms with Crippen LogP contribution >= 0.6 is 12.2 Å². The summed E-state index contributed by atoms with van der Waals surface area (Å²) >= 11 is 4.84. The number of amides is 1. The van der Waals surface area contributed by atoms with Gasteiger partial charge in [0, 0.05) is 5.56 Å². The summed E-state index contributed by atoms with van der Waals surface area (Å²) in [6.07, 6.45) is 0. The highest BCUT2D eigenvalue weighted by molar-refractivity contribution is 7.80. The van der Waals surface area contributed by atoms with Gasteiger partial charge < -0.3 is 10.5 Å². The third-order valence-corrected chi connectivity index (χ3v) is 2.50. The maximum Gasteiger partial charge on any atom is 0.270 e. The van der Waals surface area contributed by atoms with Crippen molar-refractivity contribution in [3.8, 4) is 5.75 Å². The summed E-state index contributed by atoms with van der Waals surface area (Å²) in [7, 11) is 1.60. The molecule has 1 heterocycles. The van der Waals surface area contributed by atoms with Crippen molar-refractivity contribution in [1.82, 2.24) is 20.2 Å². The van der Waals surface area contributed by atoms with E-state index in [1.54, 1.807) is 31.3 Å². The topological polar surface area (TPSA) is 108 Å². The molecule has 2 rings (SSSR count). The number of hydrogen-bond donors (Lipinski definition) is 2. The molecule has 0 aliphatic carbocycles. The Bertz CT molecular complexity index is 624. The first-order chi connectivity index (χ1) is 9.54. The first-order valence-corrected chi connectivity index (χ1v) is 6.02. The van der Waals surface area contributed by atoms with E-state index >= 15 is 0 Å². The Morgan fingerprint density at radius 1 is 1.45 bits per heavy atom. The molecule has 0 aliphatic rings. The Balaban J connectivity index is 1.85. The summed E-state index contributed by atoms with van der Waals surface area (Å²) in [6, 6.07) is 6.81. The van der Waals surface area contributed by atoms with E-state index in [9.17, 15) is 4.79 Å². The quantitative estimate of drug-likeness (QED) is 0.738. The fraction of sp³-hybridized carbons (Fsp3) is 0.182. The second-order valence-corrected chi connectivity index (χ2v) is 4.27. The van der Waals surface area contributed by atoms with E-state index in [2.05, 4.69) is 20.7 Å². The molecule has 104 valence electrons. The first-order valence-electron chi connectivity index (χ1n) is 5.61. The number of rotatable bonds is 5. The van der Waals surface area contributed by atoms with E-state index in [0.717, 1.165) is 5.56 Å². The van der Waals surface area contributed by atoms with Crippen LogP contribution in [0.1, 0.15) is 5.56 Å². The van der Waals surface area contributed by atoms with E-state index < -0.39 is 0 Å². The number of carbonyl (C=O) groups excluding carboxylic acids is 1. The molecule has 0 bridgehead atoms. The van der Waals surface area contributed by atoms with Gasteiger partial charge in [0.05, 0.1) is 7.05 Å². The largest absolute Gasteiger partial charge is 0.484 e. The molecular weight excluding hydrogens is 280 g/mol. The fourth-order valence-electron chi connectivity index (χ4n) is 1.36. The average molecular weight is 292 g/mol. The number of nitrogens with zero attached hydrogens (tertiary/aromatic N) is 4. The molecule has 0 fully saturated rings. The van der Waals surface area contributed by atoms with Crippen LogP contribution in [0, 0.1) is 0 Å². The van der Waals surface area contributed by atoms with Gasteiger partial charge in [-0.25, -0.2) is 0 Å². The van der Waals surface area contributed by atoms with Gasteiger partial charge in [0.2, 0.25) is 0 Å². The number of aryl methyl sites for hydroxylation is 1. The van der Waals surface area contributed by atoms with E-state index in [4.69, 9.17) is 22.7 Å². The molecule has 1 aromatic carbocycles. The highest BCUT2D eigenvalue weighted by Crippen LogP contribution is 2.12. The lowest BCUT2D eigenvalue weighted by molar-refractivity contribution is -0.118. The van der Waals surface area contributed by atoms with Crippen LogP contribution in [0.3, 0.4) is 0 Å². The Morgan fingerprint density at radius 3 is 2.70 bits per heavy atom. The van der Waals surface area contributed by atoms with Crippen molar-refractivity contribution >= 4 is 29.1 Å². The van der Waals surface area contributed by atoms with Crippen LogP contribution in [0.4, 0.5) is 5.95 Å². The van der Waals surface area contributed by atoms with Gasteiger partial charge in [0.25, 0.3) is 11.9 Å². The van der Waals surface area contributed by atoms with Crippen molar-refractivity contribution in [3.63, 3.8) is 0 Å². The van der Waals surface area contributed by atoms with E-state index in [0.29, 0.717) is 10.7 Å². The maximum atomic E-state index is 11.6. The number of anilines is 1. The summed E-state index contributed by atoms with van der Waals surface area (Å²) in [5, 5.41) is 13.5. The molecule has 1 amide bonds. The molecule has 0 unspecified atom stereocenters. The maximum absolute atomic E-state index is 11.6. The summed E-state index contributed by atoms with van der Waals surface area (Å²) in [5.41, 5.74) is 6.22. The number of tetrazole rings is 1. The molecule has 0 saturated carbocycles. The molecule has 20 heavy (non-hydrogen) atoms. The molecular formula is C11H12N6O2S. The van der Waals surface area contributed by atoms with Crippen molar-refractivity contribution in [2.24, 2.45) is 12.8 Å². The van der Waals surface area contributed by atoms with Gasteiger partial charge in [0.1, 0.15) is 10.7 Å². The molecule has 1 aromatic heterocycles. The zero-order chi connectivity index (χ0) is 14.5. The van der Waals surface area contributed by atoms with Gasteiger partial charge in [-0.05, 0) is 29.5 Å². The van der Waals surface area contributed by atoms with Crippen LogP contribution < -0.4 is 15.8 Å². The van der Waals surface area contributed by atoms with E-state index in [-0.39, 0.29) is 18.5 Å². The zero-order valence-electron chi connectivity index (χ0n) is 10.6. The lowest BCUT2D eigenvalue weighted by Gasteiger charge is -2.06. The normalized spacial score (nSPS) is 10.1. The SMILES string of the molecule is Cn1nnc(NC(=O)COc2ccc(C(N)=S)cc2)n1. The molecule has 0 saturated heterocycles. The van der Waals surface area contributed by atoms with Gasteiger partial charge in [-0.3, -0.25) is 10.1 Å². The Labute approximate surface area is 119 Å². The number of benzene rings is 1. The second-order valence-electron chi connectivity index (χ2n) is 3.83. The van der Waals surface area contributed by atoms with Crippen LogP contribution in [-0.4, -0.2) is 37.7 Å². The van der Waals surface area contributed by atoms with Crippen LogP contribution in [0.2, 0.25) is 0 Å². The molecule has 2 aromatic rings. The molecule has 0 spiro atoms. The summed E-state index contributed by atoms with van der Waals surface area (Å²) < 4.78 is 5.30. The Morgan fingerprint density at radius 2 is 2.15 bits per heavy atom. The van der Waals surface area contributed by atoms with Crippen molar-refractivity contribution in [2.45, 2.75) is 0 Å². The molecule has 0 aliphatic heterocycles. The smallest absolute Gasteiger partial charge is 0.270 e. The lowest BCUT2D eigenvalue weighted by atomic mass is 10.2. The monoisotopic (exact) mass is 292 g/mol. The van der Waals surface area contributed by atoms with Crippen molar-refractivity contribution < 1.29 is 9.53 Å². The Hall–Kier alpha value is -2.55. The highest BCUT2D eigenvalue weighted by atomic mass is 32.1. The molecule has 0 radical (unpaired) electrons. The van der Waals surface area contributed by atoms with Crippen LogP contribution in [0.15, 0.2) is 24.3 Å². The standard InChI is InChI=1S/C11H12N6O2S/c1-17-15-11(14-16-17)13-9(18)6-19-8-4-2-7(3-5-8)10(12)20/h2-5H,6H2,1H3,(H2,12,20)(H,13,15,18). The molecule has 0 atom stereocenters. The number of nitrogens with two attached hydrogens (primary N) is 1. The fourth-order valence-corrected chi connectivity index (χ4v) is 1.50. The van der Waals surface area contributed by atoms with Crippen LogP contribution in [-0.2, 0) is 11.8 Å². The zero-order valence-corrected chi connectivity index (χ0v) is 11.4. The van der Waals surface area contributed by atoms with Gasteiger partial charge in [0.15, 0.2) is 6.61 Å². The van der Waals surface area contributed by atoms with Crippen molar-refractivity contribution in [3.05, 3.63) is 29.8 Å². The highest BCUT2D eigenvalue weighted by Gasteiger charge is 2.07. The van der Waals surface area contributed by atoms with E-state index in [1.165, 1.54) is 4.80 Å². The number of carbonyl (C=O) groups is 1. The predicted octanol–water partition coefficient (Wildman–Crippen LogP) is -0.138. The van der Waals surface area contributed by atoms with Gasteiger partial charge in [-0.2, -0.15) is 4.80 Å². The molecule has 3 N–H and O–H groups in total. The van der Waals surface area contributed by atoms with Gasteiger partial charge in [-0.15, -0.1) is 5.10 Å². The third kappa shape index (κ3) is 3.72. The first kappa shape index (κ1) is 13.9. The number of nitrogens with one attached hydrogen (secondary N) is 1. The average Bonchev–Trinajstić information content (AvgIpc) is 2.82. The van der Waals surface area contributed by atoms with Gasteiger partial charge >= 0.3 is 0 Å². The van der Waals surface area contributed by atoms with Crippen LogP contribution in [0.5, 0.6) is 5.75 Å². The summed E-state index contributed by atoms with van der Waals surface area (Å²) in [5.74, 6) is 0.286. The minimum atomic E-state index is -0.378. The van der Waals surface area contributed by atoms with Crippen molar-refractivity contribution in [2.75, 3.05) is 11.9 Å². The van der Waals surface area contributed by atoms with E-state index in [1.807, 2.05) is 0 Å². The lowest BCUT2D eigenvalue weighted by Crippen LogP contribution is -2.21. The minimum Gasteiger partial charge on any atom is -0.484 e. The van der Waals surface area contributed by atoms with Crippen LogP contribution in [0.25, 0.3) is 0 Å². The number of ether oxygens (including phenoxy) is 1. The number of hydrogen-bond acceptors (Lipinski definition) is 6. The number of aromatic nitrogens is 4. The predicted molar refractivity (Wildman–Crippen MR) is 75.3 cm³/mol. The summed E-state index contributed by atoms with van der Waals surface area (Å²) in [6.45, 7) is -0.162. The van der Waals surface area contributed by atoms with Gasteiger partial charge in [-0.1, -0.05) is 17.3 Å². The minimum absolute atomic E-state index is 0.130. The molecule has 9 heteroatoms. The third-order valence-electron chi connectivity index (χ3n) is 2.27. The van der Waals surface area contributed by atoms with Crippen molar-refractivity contribution in [1.29, 1.82) is 0 Å². The second kappa shape index (κ2) is 6.06.